The van der Waals surface area contributed by atoms with E-state index in [1.165, 1.54) is 11.3 Å². The second kappa shape index (κ2) is 7.53. The molecular formula is C15H15N3O2S. The van der Waals surface area contributed by atoms with E-state index in [0.717, 1.165) is 10.4 Å². The smallest absolute Gasteiger partial charge is 0.261 e. The Bertz CT molecular complexity index is 671. The number of carbonyl (C=O) groups is 1. The molecule has 2 N–H and O–H groups in total. The minimum absolute atomic E-state index is 0.0445. The van der Waals surface area contributed by atoms with Gasteiger partial charge in [-0.15, -0.1) is 11.3 Å². The van der Waals surface area contributed by atoms with Gasteiger partial charge in [-0.25, -0.2) is 0 Å². The van der Waals surface area contributed by atoms with Gasteiger partial charge in [0.05, 0.1) is 28.6 Å². The fraction of sp³-hybridized carbons (Fsp3) is 0.267. The maximum absolute atomic E-state index is 12.1. The number of nitrogens with one attached hydrogen (secondary N) is 1. The van der Waals surface area contributed by atoms with Gasteiger partial charge in [-0.05, 0) is 30.7 Å². The fourth-order valence-electron chi connectivity index (χ4n) is 1.60. The van der Waals surface area contributed by atoms with E-state index in [0.29, 0.717) is 23.5 Å². The molecule has 0 aliphatic rings. The second-order valence-electron chi connectivity index (χ2n) is 4.30. The van der Waals surface area contributed by atoms with Crippen LogP contribution in [0, 0.1) is 18.8 Å². The summed E-state index contributed by atoms with van der Waals surface area (Å²) >= 11 is 1.35. The van der Waals surface area contributed by atoms with Crippen molar-refractivity contribution in [1.29, 1.82) is 0 Å². The summed E-state index contributed by atoms with van der Waals surface area (Å²) in [6.07, 6.45) is 2.02. The molecule has 0 fully saturated rings. The van der Waals surface area contributed by atoms with Crippen molar-refractivity contribution in [2.75, 3.05) is 6.61 Å². The van der Waals surface area contributed by atoms with Crippen LogP contribution in [0.15, 0.2) is 24.4 Å². The molecule has 0 saturated heterocycles. The van der Waals surface area contributed by atoms with Crippen molar-refractivity contribution in [3.63, 3.8) is 0 Å². The van der Waals surface area contributed by atoms with Crippen LogP contribution in [0.1, 0.15) is 32.2 Å². The summed E-state index contributed by atoms with van der Waals surface area (Å²) < 4.78 is 0. The van der Waals surface area contributed by atoms with E-state index in [1.807, 2.05) is 13.0 Å². The number of aryl methyl sites for hydroxylation is 1. The minimum Gasteiger partial charge on any atom is -0.395 e. The molecule has 1 amide bonds. The van der Waals surface area contributed by atoms with E-state index in [9.17, 15) is 4.79 Å². The second-order valence-corrected chi connectivity index (χ2v) is 5.35. The lowest BCUT2D eigenvalue weighted by Gasteiger charge is -2.01. The van der Waals surface area contributed by atoms with Crippen LogP contribution < -0.4 is 5.32 Å². The average molecular weight is 301 g/mol. The van der Waals surface area contributed by atoms with Crippen LogP contribution in [0.2, 0.25) is 0 Å². The number of rotatable bonds is 4. The Labute approximate surface area is 127 Å². The van der Waals surface area contributed by atoms with Gasteiger partial charge < -0.3 is 10.4 Å². The molecule has 5 nitrogen and oxygen atoms in total. The highest BCUT2D eigenvalue weighted by molar-refractivity contribution is 7.14. The summed E-state index contributed by atoms with van der Waals surface area (Å²) in [6, 6.07) is 5.40. The molecule has 0 atom stereocenters. The van der Waals surface area contributed by atoms with E-state index in [1.54, 1.807) is 18.3 Å². The SMILES string of the molecule is Cc1cc(C(=O)NCc2cccnn2)sc1C#CCCO. The van der Waals surface area contributed by atoms with Crippen LogP contribution in [0.4, 0.5) is 0 Å². The van der Waals surface area contributed by atoms with E-state index in [4.69, 9.17) is 5.11 Å². The highest BCUT2D eigenvalue weighted by Crippen LogP contribution is 2.20. The molecule has 0 aliphatic carbocycles. The van der Waals surface area contributed by atoms with Crippen LogP contribution in [-0.4, -0.2) is 27.8 Å². The summed E-state index contributed by atoms with van der Waals surface area (Å²) in [7, 11) is 0. The normalized spacial score (nSPS) is 9.81. The predicted molar refractivity (Wildman–Crippen MR) is 80.8 cm³/mol. The number of aliphatic hydroxyl groups is 1. The van der Waals surface area contributed by atoms with Crippen molar-refractivity contribution in [2.24, 2.45) is 0 Å². The Morgan fingerprint density at radius 3 is 3.10 bits per heavy atom. The highest BCUT2D eigenvalue weighted by Gasteiger charge is 2.11. The molecule has 0 spiro atoms. The number of amides is 1. The Kier molecular flexibility index (Phi) is 5.43. The topological polar surface area (TPSA) is 75.1 Å². The lowest BCUT2D eigenvalue weighted by atomic mass is 10.2. The van der Waals surface area contributed by atoms with Gasteiger partial charge in [0.15, 0.2) is 0 Å². The summed E-state index contributed by atoms with van der Waals surface area (Å²) in [5, 5.41) is 19.2. The zero-order valence-electron chi connectivity index (χ0n) is 11.6. The van der Waals surface area contributed by atoms with Gasteiger partial charge in [-0.2, -0.15) is 10.2 Å². The van der Waals surface area contributed by atoms with Crippen LogP contribution in [0.5, 0.6) is 0 Å². The first kappa shape index (κ1) is 15.2. The molecular weight excluding hydrogens is 286 g/mol. The third-order valence-electron chi connectivity index (χ3n) is 2.64. The molecule has 0 unspecified atom stereocenters. The van der Waals surface area contributed by atoms with Gasteiger partial charge in [-0.1, -0.05) is 11.8 Å². The zero-order valence-corrected chi connectivity index (χ0v) is 12.4. The van der Waals surface area contributed by atoms with Gasteiger partial charge in [0.2, 0.25) is 0 Å². The number of aromatic nitrogens is 2. The molecule has 2 aromatic heterocycles. The molecule has 21 heavy (non-hydrogen) atoms. The van der Waals surface area contributed by atoms with Gasteiger partial charge >= 0.3 is 0 Å². The van der Waals surface area contributed by atoms with Crippen LogP contribution in [0.25, 0.3) is 0 Å². The van der Waals surface area contributed by atoms with Crippen molar-refractivity contribution in [1.82, 2.24) is 15.5 Å². The van der Waals surface area contributed by atoms with Crippen molar-refractivity contribution in [3.05, 3.63) is 45.4 Å². The molecule has 0 aliphatic heterocycles. The fourth-order valence-corrected chi connectivity index (χ4v) is 2.57. The Morgan fingerprint density at radius 2 is 2.38 bits per heavy atom. The molecule has 2 heterocycles. The van der Waals surface area contributed by atoms with Gasteiger partial charge in [0, 0.05) is 12.6 Å². The largest absolute Gasteiger partial charge is 0.395 e. The lowest BCUT2D eigenvalue weighted by Crippen LogP contribution is -2.22. The van der Waals surface area contributed by atoms with Crippen LogP contribution in [0.3, 0.4) is 0 Å². The Morgan fingerprint density at radius 1 is 1.52 bits per heavy atom. The molecule has 0 bridgehead atoms. The third-order valence-corrected chi connectivity index (χ3v) is 3.79. The first-order valence-corrected chi connectivity index (χ1v) is 7.27. The molecule has 2 rings (SSSR count). The van der Waals surface area contributed by atoms with Crippen molar-refractivity contribution in [3.8, 4) is 11.8 Å². The summed E-state index contributed by atoms with van der Waals surface area (Å²) in [5.74, 6) is 5.68. The maximum Gasteiger partial charge on any atom is 0.261 e. The molecule has 0 saturated carbocycles. The number of aliphatic hydroxyl groups excluding tert-OH is 1. The zero-order chi connectivity index (χ0) is 15.1. The first-order chi connectivity index (χ1) is 10.2. The number of hydrogen-bond donors (Lipinski definition) is 2. The minimum atomic E-state index is -0.149. The quantitative estimate of drug-likeness (QED) is 0.839. The van der Waals surface area contributed by atoms with Gasteiger partial charge in [0.25, 0.3) is 5.91 Å². The third kappa shape index (κ3) is 4.38. The van der Waals surface area contributed by atoms with Gasteiger partial charge in [0.1, 0.15) is 0 Å². The van der Waals surface area contributed by atoms with Gasteiger partial charge in [-0.3, -0.25) is 4.79 Å². The van der Waals surface area contributed by atoms with E-state index in [-0.39, 0.29) is 12.5 Å². The molecule has 6 heteroatoms. The molecule has 0 radical (unpaired) electrons. The van der Waals surface area contributed by atoms with Crippen LogP contribution in [-0.2, 0) is 6.54 Å². The molecule has 0 aromatic carbocycles. The van der Waals surface area contributed by atoms with Crippen molar-refractivity contribution < 1.29 is 9.90 Å². The average Bonchev–Trinajstić information content (AvgIpc) is 2.87. The van der Waals surface area contributed by atoms with Crippen LogP contribution >= 0.6 is 11.3 Å². The molecule has 108 valence electrons. The predicted octanol–water partition coefficient (Wildman–Crippen LogP) is 1.51. The number of nitrogens with zero attached hydrogens (tertiary/aromatic N) is 2. The van der Waals surface area contributed by atoms with Crippen molar-refractivity contribution in [2.45, 2.75) is 19.9 Å². The van der Waals surface area contributed by atoms with Crippen molar-refractivity contribution >= 4 is 17.2 Å². The lowest BCUT2D eigenvalue weighted by molar-refractivity contribution is 0.0954. The highest BCUT2D eigenvalue weighted by atomic mass is 32.1. The maximum atomic E-state index is 12.1. The van der Waals surface area contributed by atoms with E-state index in [2.05, 4.69) is 27.4 Å². The Balaban J connectivity index is 2.00. The first-order valence-electron chi connectivity index (χ1n) is 6.45. The number of thiophene rings is 1. The summed E-state index contributed by atoms with van der Waals surface area (Å²) in [6.45, 7) is 2.30. The number of hydrogen-bond acceptors (Lipinski definition) is 5. The Hall–Kier alpha value is -2.23. The van der Waals surface area contributed by atoms with E-state index >= 15 is 0 Å². The molecule has 2 aromatic rings. The summed E-state index contributed by atoms with van der Waals surface area (Å²) in [4.78, 5) is 13.5. The standard InChI is InChI=1S/C15H15N3O2S/c1-11-9-14(21-13(11)6-2-3-8-19)15(20)16-10-12-5-4-7-17-18-12/h4-5,7,9,19H,3,8,10H2,1H3,(H,16,20). The number of carbonyl (C=O) groups excluding carboxylic acids is 1. The summed E-state index contributed by atoms with van der Waals surface area (Å²) in [5.41, 5.74) is 1.68. The van der Waals surface area contributed by atoms with E-state index < -0.39 is 0 Å². The monoisotopic (exact) mass is 301 g/mol.